The van der Waals surface area contributed by atoms with Gasteiger partial charge in [-0.2, -0.15) is 4.31 Å². The molecule has 0 bridgehead atoms. The van der Waals surface area contributed by atoms with Gasteiger partial charge in [-0.25, -0.2) is 8.42 Å². The zero-order chi connectivity index (χ0) is 25.2. The van der Waals surface area contributed by atoms with Gasteiger partial charge in [0, 0.05) is 36.8 Å². The molecule has 1 aliphatic heterocycles. The summed E-state index contributed by atoms with van der Waals surface area (Å²) in [6, 6.07) is 9.93. The molecule has 1 amide bonds. The average Bonchev–Trinajstić information content (AvgIpc) is 2.78. The van der Waals surface area contributed by atoms with Crippen molar-refractivity contribution in [2.75, 3.05) is 18.4 Å². The Morgan fingerprint density at radius 1 is 1.06 bits per heavy atom. The highest BCUT2D eigenvalue weighted by Crippen LogP contribution is 2.34. The molecule has 9 heteroatoms. The van der Waals surface area contributed by atoms with Crippen LogP contribution in [0.4, 0.5) is 11.4 Å². The summed E-state index contributed by atoms with van der Waals surface area (Å²) in [5.74, 6) is 0.0924. The molecule has 0 saturated carbocycles. The molecule has 34 heavy (non-hydrogen) atoms. The predicted octanol–water partition coefficient (Wildman–Crippen LogP) is 5.19. The number of nitrogens with zero attached hydrogens (tertiary/aromatic N) is 2. The number of nitro groups is 1. The second-order valence-electron chi connectivity index (χ2n) is 9.50. The molecule has 1 heterocycles. The van der Waals surface area contributed by atoms with E-state index in [4.69, 9.17) is 0 Å². The van der Waals surface area contributed by atoms with E-state index in [2.05, 4.69) is 33.0 Å². The molecule has 1 saturated heterocycles. The number of hydrogen-bond donors (Lipinski definition) is 1. The largest absolute Gasteiger partial charge is 0.325 e. The zero-order valence-corrected chi connectivity index (χ0v) is 21.2. The lowest BCUT2D eigenvalue weighted by Gasteiger charge is -2.31. The Kier molecular flexibility index (Phi) is 7.77. The summed E-state index contributed by atoms with van der Waals surface area (Å²) in [6.07, 6.45) is 0.778. The predicted molar refractivity (Wildman–Crippen MR) is 133 cm³/mol. The highest BCUT2D eigenvalue weighted by Gasteiger charge is 2.34. The highest BCUT2D eigenvalue weighted by atomic mass is 32.2. The van der Waals surface area contributed by atoms with Gasteiger partial charge in [-0.05, 0) is 48.3 Å². The number of anilines is 1. The van der Waals surface area contributed by atoms with Crippen LogP contribution in [0.3, 0.4) is 0 Å². The van der Waals surface area contributed by atoms with Crippen molar-refractivity contribution in [3.8, 4) is 0 Å². The van der Waals surface area contributed by atoms with E-state index in [1.807, 2.05) is 18.2 Å². The minimum atomic E-state index is -3.90. The number of carbonyl (C=O) groups excluding carboxylic acids is 1. The molecule has 2 aromatic carbocycles. The third-order valence-electron chi connectivity index (χ3n) is 6.45. The Morgan fingerprint density at radius 3 is 2.12 bits per heavy atom. The summed E-state index contributed by atoms with van der Waals surface area (Å²) in [5.41, 5.74) is 3.22. The van der Waals surface area contributed by atoms with E-state index in [0.717, 1.165) is 22.9 Å². The fourth-order valence-corrected chi connectivity index (χ4v) is 6.11. The Bertz CT molecular complexity index is 1160. The van der Waals surface area contributed by atoms with Crippen LogP contribution in [0.15, 0.2) is 41.3 Å². The molecule has 184 valence electrons. The van der Waals surface area contributed by atoms with Crippen molar-refractivity contribution < 1.29 is 18.1 Å². The molecule has 1 aliphatic rings. The van der Waals surface area contributed by atoms with E-state index in [1.165, 1.54) is 16.4 Å². The van der Waals surface area contributed by atoms with E-state index < -0.39 is 14.9 Å². The first-order chi connectivity index (χ1) is 15.9. The lowest BCUT2D eigenvalue weighted by Crippen LogP contribution is -2.41. The Balaban J connectivity index is 1.75. The third kappa shape index (κ3) is 5.31. The van der Waals surface area contributed by atoms with Gasteiger partial charge in [-0.3, -0.25) is 14.9 Å². The van der Waals surface area contributed by atoms with Crippen molar-refractivity contribution in [1.29, 1.82) is 0 Å². The molecule has 0 unspecified atom stereocenters. The fraction of sp³-hybridized carbons (Fsp3) is 0.480. The SMILES string of the molecule is Cc1ccc([N+](=O)[O-])cc1S(=O)(=O)N1CCC(C(=O)Nc2c(C(C)C)cccc2C(C)C)CC1. The molecule has 0 aromatic heterocycles. The van der Waals surface area contributed by atoms with Crippen molar-refractivity contribution in [1.82, 2.24) is 4.31 Å². The van der Waals surface area contributed by atoms with E-state index in [0.29, 0.717) is 18.4 Å². The summed E-state index contributed by atoms with van der Waals surface area (Å²) in [7, 11) is -3.90. The molecule has 2 aromatic rings. The van der Waals surface area contributed by atoms with E-state index in [-0.39, 0.29) is 47.3 Å². The molecule has 3 rings (SSSR count). The maximum atomic E-state index is 13.2. The second kappa shape index (κ2) is 10.2. The van der Waals surface area contributed by atoms with Gasteiger partial charge in [0.1, 0.15) is 0 Å². The van der Waals surface area contributed by atoms with Crippen LogP contribution in [-0.2, 0) is 14.8 Å². The molecule has 1 fully saturated rings. The standard InChI is InChI=1S/C25H33N3O5S/c1-16(2)21-7-6-8-22(17(3)4)24(21)26-25(29)19-11-13-27(14-12-19)34(32,33)23-15-20(28(30)31)10-9-18(23)5/h6-10,15-17,19H,11-14H2,1-5H3,(H,26,29). The number of piperidine rings is 1. The monoisotopic (exact) mass is 487 g/mol. The zero-order valence-electron chi connectivity index (χ0n) is 20.4. The van der Waals surface area contributed by atoms with Gasteiger partial charge in [-0.1, -0.05) is 52.0 Å². The number of amides is 1. The van der Waals surface area contributed by atoms with Gasteiger partial charge in [0.25, 0.3) is 5.69 Å². The van der Waals surface area contributed by atoms with Crippen LogP contribution in [0.25, 0.3) is 0 Å². The average molecular weight is 488 g/mol. The van der Waals surface area contributed by atoms with Gasteiger partial charge in [-0.15, -0.1) is 0 Å². The van der Waals surface area contributed by atoms with Crippen molar-refractivity contribution in [3.05, 3.63) is 63.2 Å². The first-order valence-corrected chi connectivity index (χ1v) is 13.1. The van der Waals surface area contributed by atoms with Gasteiger partial charge in [0.05, 0.1) is 9.82 Å². The van der Waals surface area contributed by atoms with Crippen LogP contribution < -0.4 is 5.32 Å². The molecule has 0 aliphatic carbocycles. The van der Waals surface area contributed by atoms with Crippen LogP contribution >= 0.6 is 0 Å². The smallest absolute Gasteiger partial charge is 0.270 e. The van der Waals surface area contributed by atoms with E-state index in [1.54, 1.807) is 6.92 Å². The maximum absolute atomic E-state index is 13.2. The van der Waals surface area contributed by atoms with Crippen LogP contribution in [0.5, 0.6) is 0 Å². The van der Waals surface area contributed by atoms with E-state index >= 15 is 0 Å². The summed E-state index contributed by atoms with van der Waals surface area (Å²) >= 11 is 0. The number of carbonyl (C=O) groups is 1. The quantitative estimate of drug-likeness (QED) is 0.427. The summed E-state index contributed by atoms with van der Waals surface area (Å²) in [4.78, 5) is 23.6. The lowest BCUT2D eigenvalue weighted by molar-refractivity contribution is -0.385. The Labute approximate surface area is 201 Å². The first kappa shape index (κ1) is 25.8. The maximum Gasteiger partial charge on any atom is 0.270 e. The number of para-hydroxylation sites is 1. The molecular weight excluding hydrogens is 454 g/mol. The Hall–Kier alpha value is -2.78. The summed E-state index contributed by atoms with van der Waals surface area (Å²) in [5, 5.41) is 14.3. The van der Waals surface area contributed by atoms with Crippen LogP contribution in [-0.4, -0.2) is 36.6 Å². The van der Waals surface area contributed by atoms with Crippen molar-refractivity contribution >= 4 is 27.3 Å². The third-order valence-corrected chi connectivity index (χ3v) is 8.49. The van der Waals surface area contributed by atoms with Gasteiger partial charge >= 0.3 is 0 Å². The van der Waals surface area contributed by atoms with Crippen molar-refractivity contribution in [2.24, 2.45) is 5.92 Å². The van der Waals surface area contributed by atoms with Crippen LogP contribution in [0, 0.1) is 23.0 Å². The number of sulfonamides is 1. The van der Waals surface area contributed by atoms with Gasteiger partial charge < -0.3 is 5.32 Å². The topological polar surface area (TPSA) is 110 Å². The molecule has 8 nitrogen and oxygen atoms in total. The number of non-ortho nitro benzene ring substituents is 1. The Morgan fingerprint density at radius 2 is 1.62 bits per heavy atom. The number of hydrogen-bond acceptors (Lipinski definition) is 5. The van der Waals surface area contributed by atoms with Gasteiger partial charge in [0.15, 0.2) is 0 Å². The summed E-state index contributed by atoms with van der Waals surface area (Å²) in [6.45, 7) is 10.4. The second-order valence-corrected chi connectivity index (χ2v) is 11.4. The van der Waals surface area contributed by atoms with Crippen molar-refractivity contribution in [3.63, 3.8) is 0 Å². The number of nitro benzene ring substituents is 1. The first-order valence-electron chi connectivity index (χ1n) is 11.6. The van der Waals surface area contributed by atoms with Crippen LogP contribution in [0.1, 0.15) is 69.1 Å². The van der Waals surface area contributed by atoms with Crippen molar-refractivity contribution in [2.45, 2.75) is 64.2 Å². The number of nitrogens with one attached hydrogen (secondary N) is 1. The van der Waals surface area contributed by atoms with Crippen LogP contribution in [0.2, 0.25) is 0 Å². The molecule has 0 atom stereocenters. The molecule has 0 spiro atoms. The lowest BCUT2D eigenvalue weighted by atomic mass is 9.91. The number of benzene rings is 2. The van der Waals surface area contributed by atoms with E-state index in [9.17, 15) is 23.3 Å². The van der Waals surface area contributed by atoms with Gasteiger partial charge in [0.2, 0.25) is 15.9 Å². The number of rotatable bonds is 7. The minimum Gasteiger partial charge on any atom is -0.325 e. The molecule has 0 radical (unpaired) electrons. The molecule has 1 N–H and O–H groups in total. The molecular formula is C25H33N3O5S. The summed E-state index contributed by atoms with van der Waals surface area (Å²) < 4.78 is 27.7. The normalized spacial score (nSPS) is 15.6. The highest BCUT2D eigenvalue weighted by molar-refractivity contribution is 7.89. The minimum absolute atomic E-state index is 0.0583. The fourth-order valence-electron chi connectivity index (χ4n) is 4.40. The number of aryl methyl sites for hydroxylation is 1.